The van der Waals surface area contributed by atoms with Crippen LogP contribution in [-0.2, 0) is 4.74 Å². The summed E-state index contributed by atoms with van der Waals surface area (Å²) in [4.78, 5) is 23.1. The van der Waals surface area contributed by atoms with Gasteiger partial charge in [-0.3, -0.25) is 4.79 Å². The lowest BCUT2D eigenvalue weighted by Gasteiger charge is -2.04. The third-order valence-electron chi connectivity index (χ3n) is 2.53. The molecule has 1 N–H and O–H groups in total. The molecule has 0 spiro atoms. The average molecular weight is 259 g/mol. The Morgan fingerprint density at radius 1 is 1.11 bits per heavy atom. The first-order valence-electron chi connectivity index (χ1n) is 5.66. The zero-order chi connectivity index (χ0) is 13.8. The Morgan fingerprint density at radius 3 is 2.32 bits per heavy atom. The molecular formula is C14H13NO4. The first-order chi connectivity index (χ1) is 9.10. The fourth-order valence-corrected chi connectivity index (χ4v) is 1.56. The molecule has 0 saturated heterocycles. The fraction of sp³-hybridized carbons (Fsp3) is 0.143. The number of hydrogen-bond donors (Lipinski definition) is 1. The Bertz CT molecular complexity index is 598. The summed E-state index contributed by atoms with van der Waals surface area (Å²) in [5.74, 6) is 0.166. The first-order valence-corrected chi connectivity index (χ1v) is 5.66. The molecule has 0 saturated carbocycles. The maximum Gasteiger partial charge on any atom is 0.337 e. The number of benzene rings is 1. The highest BCUT2D eigenvalue weighted by atomic mass is 16.5. The topological polar surface area (TPSA) is 68.5 Å². The highest BCUT2D eigenvalue weighted by Gasteiger charge is 2.10. The highest BCUT2D eigenvalue weighted by molar-refractivity contribution is 6.02. The van der Waals surface area contributed by atoms with E-state index in [1.165, 1.54) is 7.11 Å². The van der Waals surface area contributed by atoms with E-state index in [0.717, 1.165) is 0 Å². The number of carbonyl (C=O) groups is 2. The highest BCUT2D eigenvalue weighted by Crippen LogP contribution is 2.13. The number of ether oxygens (including phenoxy) is 1. The van der Waals surface area contributed by atoms with Crippen LogP contribution in [0.5, 0.6) is 0 Å². The van der Waals surface area contributed by atoms with Gasteiger partial charge in [0.15, 0.2) is 5.76 Å². The second kappa shape index (κ2) is 5.39. The van der Waals surface area contributed by atoms with Crippen LogP contribution in [0.25, 0.3) is 0 Å². The van der Waals surface area contributed by atoms with Crippen LogP contribution in [-0.4, -0.2) is 19.0 Å². The van der Waals surface area contributed by atoms with Crippen LogP contribution in [0, 0.1) is 6.92 Å². The summed E-state index contributed by atoms with van der Waals surface area (Å²) in [6.07, 6.45) is 0. The lowest BCUT2D eigenvalue weighted by Crippen LogP contribution is -2.11. The molecule has 5 heteroatoms. The molecule has 1 amide bonds. The largest absolute Gasteiger partial charge is 0.465 e. The molecule has 0 atom stereocenters. The van der Waals surface area contributed by atoms with E-state index in [1.54, 1.807) is 43.3 Å². The van der Waals surface area contributed by atoms with Crippen molar-refractivity contribution in [1.82, 2.24) is 0 Å². The van der Waals surface area contributed by atoms with Gasteiger partial charge in [0.25, 0.3) is 5.91 Å². The molecule has 0 aliphatic carbocycles. The zero-order valence-electron chi connectivity index (χ0n) is 10.6. The molecule has 98 valence electrons. The molecule has 0 bridgehead atoms. The van der Waals surface area contributed by atoms with Crippen molar-refractivity contribution in [3.05, 3.63) is 53.5 Å². The van der Waals surface area contributed by atoms with Gasteiger partial charge in [0.2, 0.25) is 0 Å². The van der Waals surface area contributed by atoms with Crippen LogP contribution in [0.3, 0.4) is 0 Å². The third-order valence-corrected chi connectivity index (χ3v) is 2.53. The summed E-state index contributed by atoms with van der Waals surface area (Å²) in [7, 11) is 1.32. The maximum atomic E-state index is 11.8. The van der Waals surface area contributed by atoms with Gasteiger partial charge in [-0.05, 0) is 43.3 Å². The zero-order valence-corrected chi connectivity index (χ0v) is 10.6. The molecule has 0 radical (unpaired) electrons. The Kier molecular flexibility index (Phi) is 3.66. The van der Waals surface area contributed by atoms with Gasteiger partial charge in [-0.2, -0.15) is 0 Å². The van der Waals surface area contributed by atoms with Gasteiger partial charge in [-0.1, -0.05) is 0 Å². The molecule has 0 aliphatic heterocycles. The number of furan rings is 1. The summed E-state index contributed by atoms with van der Waals surface area (Å²) < 4.78 is 9.80. The monoisotopic (exact) mass is 259 g/mol. The van der Waals surface area contributed by atoms with Gasteiger partial charge in [-0.25, -0.2) is 4.79 Å². The minimum Gasteiger partial charge on any atom is -0.465 e. The fourth-order valence-electron chi connectivity index (χ4n) is 1.56. The van der Waals surface area contributed by atoms with Gasteiger partial charge >= 0.3 is 5.97 Å². The number of carbonyl (C=O) groups excluding carboxylic acids is 2. The molecule has 2 rings (SSSR count). The minimum absolute atomic E-state index is 0.245. The van der Waals surface area contributed by atoms with Gasteiger partial charge in [-0.15, -0.1) is 0 Å². The van der Waals surface area contributed by atoms with Crippen molar-refractivity contribution >= 4 is 17.6 Å². The van der Waals surface area contributed by atoms with Gasteiger partial charge in [0.1, 0.15) is 5.76 Å². The van der Waals surface area contributed by atoms with Crippen molar-refractivity contribution in [2.24, 2.45) is 0 Å². The quantitative estimate of drug-likeness (QED) is 0.860. The van der Waals surface area contributed by atoms with Crippen molar-refractivity contribution in [3.8, 4) is 0 Å². The lowest BCUT2D eigenvalue weighted by molar-refractivity contribution is 0.0600. The van der Waals surface area contributed by atoms with Crippen molar-refractivity contribution in [2.75, 3.05) is 12.4 Å². The van der Waals surface area contributed by atoms with Crippen LogP contribution in [0.15, 0.2) is 40.8 Å². The van der Waals surface area contributed by atoms with Gasteiger partial charge in [0.05, 0.1) is 12.7 Å². The van der Waals surface area contributed by atoms with Crippen LogP contribution < -0.4 is 5.32 Å². The van der Waals surface area contributed by atoms with Crippen molar-refractivity contribution in [3.63, 3.8) is 0 Å². The Hall–Kier alpha value is -2.56. The molecule has 0 aliphatic rings. The number of hydrogen-bond acceptors (Lipinski definition) is 4. The van der Waals surface area contributed by atoms with Gasteiger partial charge < -0.3 is 14.5 Å². The second-order valence-electron chi connectivity index (χ2n) is 3.93. The Morgan fingerprint density at radius 2 is 1.79 bits per heavy atom. The molecule has 1 aromatic carbocycles. The van der Waals surface area contributed by atoms with Crippen molar-refractivity contribution in [2.45, 2.75) is 6.92 Å². The molecule has 1 heterocycles. The summed E-state index contributed by atoms with van der Waals surface area (Å²) in [5, 5.41) is 2.67. The molecule has 5 nitrogen and oxygen atoms in total. The number of methoxy groups -OCH3 is 1. The molecule has 2 aromatic rings. The predicted octanol–water partition coefficient (Wildman–Crippen LogP) is 2.63. The maximum absolute atomic E-state index is 11.8. The molecule has 1 aromatic heterocycles. The Labute approximate surface area is 110 Å². The predicted molar refractivity (Wildman–Crippen MR) is 69.2 cm³/mol. The van der Waals surface area contributed by atoms with E-state index < -0.39 is 5.97 Å². The molecule has 0 unspecified atom stereocenters. The number of amides is 1. The molecule has 19 heavy (non-hydrogen) atoms. The van der Waals surface area contributed by atoms with Crippen LogP contribution >= 0.6 is 0 Å². The van der Waals surface area contributed by atoms with E-state index in [0.29, 0.717) is 17.0 Å². The summed E-state index contributed by atoms with van der Waals surface area (Å²) in [6.45, 7) is 1.77. The number of esters is 1. The van der Waals surface area contributed by atoms with Crippen LogP contribution in [0.1, 0.15) is 26.7 Å². The lowest BCUT2D eigenvalue weighted by atomic mass is 10.2. The third kappa shape index (κ3) is 3.01. The molecular weight excluding hydrogens is 246 g/mol. The van der Waals surface area contributed by atoms with Gasteiger partial charge in [0, 0.05) is 5.69 Å². The smallest absolute Gasteiger partial charge is 0.337 e. The number of anilines is 1. The van der Waals surface area contributed by atoms with E-state index in [4.69, 9.17) is 4.42 Å². The average Bonchev–Trinajstić information content (AvgIpc) is 2.85. The Balaban J connectivity index is 2.07. The van der Waals surface area contributed by atoms with Crippen molar-refractivity contribution < 1.29 is 18.7 Å². The van der Waals surface area contributed by atoms with E-state index in [2.05, 4.69) is 10.1 Å². The van der Waals surface area contributed by atoms with E-state index in [-0.39, 0.29) is 11.7 Å². The van der Waals surface area contributed by atoms with E-state index >= 15 is 0 Å². The standard InChI is InChI=1S/C14H13NO4/c1-9-3-8-12(19-9)13(16)15-11-6-4-10(5-7-11)14(17)18-2/h3-8H,1-2H3,(H,15,16). The second-order valence-corrected chi connectivity index (χ2v) is 3.93. The number of rotatable bonds is 3. The number of aryl methyl sites for hydroxylation is 1. The number of nitrogens with one attached hydrogen (secondary N) is 1. The SMILES string of the molecule is COC(=O)c1ccc(NC(=O)c2ccc(C)o2)cc1. The van der Waals surface area contributed by atoms with Crippen molar-refractivity contribution in [1.29, 1.82) is 0 Å². The minimum atomic E-state index is -0.417. The van der Waals surface area contributed by atoms with E-state index in [1.807, 2.05) is 0 Å². The normalized spacial score (nSPS) is 10.0. The summed E-state index contributed by atoms with van der Waals surface area (Å²) >= 11 is 0. The first kappa shape index (κ1) is 12.9. The molecule has 0 fully saturated rings. The van der Waals surface area contributed by atoms with Crippen LogP contribution in [0.4, 0.5) is 5.69 Å². The van der Waals surface area contributed by atoms with E-state index in [9.17, 15) is 9.59 Å². The van der Waals surface area contributed by atoms with Crippen LogP contribution in [0.2, 0.25) is 0 Å². The summed E-state index contributed by atoms with van der Waals surface area (Å²) in [6, 6.07) is 9.73. The summed E-state index contributed by atoms with van der Waals surface area (Å²) in [5.41, 5.74) is 1.00.